The van der Waals surface area contributed by atoms with Gasteiger partial charge in [-0.1, -0.05) is 11.6 Å². The molecular formula is C17H21ClN4O6. The summed E-state index contributed by atoms with van der Waals surface area (Å²) in [6, 6.07) is 1.31. The number of anilines is 1. The van der Waals surface area contributed by atoms with Gasteiger partial charge in [0.2, 0.25) is 0 Å². The number of carboxylic acid groups (broad SMARTS) is 1. The summed E-state index contributed by atoms with van der Waals surface area (Å²) in [6.07, 6.45) is -0.788. The second-order valence-corrected chi connectivity index (χ2v) is 8.23. The van der Waals surface area contributed by atoms with E-state index < -0.39 is 35.3 Å². The van der Waals surface area contributed by atoms with Crippen molar-refractivity contribution in [3.8, 4) is 0 Å². The number of carboxylic acids is 1. The zero-order chi connectivity index (χ0) is 21.4. The molecule has 0 saturated carbocycles. The summed E-state index contributed by atoms with van der Waals surface area (Å²) in [5.41, 5.74) is -2.29. The number of aromatic carboxylic acids is 1. The number of ether oxygens (including phenoxy) is 2. The van der Waals surface area contributed by atoms with E-state index in [-0.39, 0.29) is 16.2 Å². The molecule has 11 heteroatoms. The monoisotopic (exact) mass is 412 g/mol. The minimum atomic E-state index is -1.34. The number of hydrogen-bond acceptors (Lipinski definition) is 7. The summed E-state index contributed by atoms with van der Waals surface area (Å²) >= 11 is 5.93. The molecular weight excluding hydrogens is 392 g/mol. The Hall–Kier alpha value is -2.88. The molecule has 1 N–H and O–H groups in total. The second-order valence-electron chi connectivity index (χ2n) is 7.82. The van der Waals surface area contributed by atoms with E-state index in [0.717, 1.165) is 4.52 Å². The molecule has 2 aromatic heterocycles. The van der Waals surface area contributed by atoms with Crippen LogP contribution >= 0.6 is 11.6 Å². The second kappa shape index (κ2) is 7.27. The normalized spacial score (nSPS) is 12.0. The Kier molecular flexibility index (Phi) is 5.56. The average molecular weight is 413 g/mol. The molecule has 0 unspecified atom stereocenters. The first-order valence-corrected chi connectivity index (χ1v) is 8.61. The van der Waals surface area contributed by atoms with E-state index in [9.17, 15) is 19.5 Å². The summed E-state index contributed by atoms with van der Waals surface area (Å²) in [5, 5.41) is 13.3. The van der Waals surface area contributed by atoms with Gasteiger partial charge < -0.3 is 14.6 Å². The number of carbonyl (C=O) groups is 3. The first-order chi connectivity index (χ1) is 12.7. The lowest BCUT2D eigenvalue weighted by Gasteiger charge is -2.26. The van der Waals surface area contributed by atoms with Crippen LogP contribution in [0.1, 0.15) is 51.9 Å². The van der Waals surface area contributed by atoms with Gasteiger partial charge in [-0.25, -0.2) is 18.9 Å². The average Bonchev–Trinajstić information content (AvgIpc) is 2.85. The molecule has 0 radical (unpaired) electrons. The van der Waals surface area contributed by atoms with Gasteiger partial charge in [0.15, 0.2) is 5.65 Å². The van der Waals surface area contributed by atoms with E-state index in [1.807, 2.05) is 0 Å². The molecule has 0 spiro atoms. The van der Waals surface area contributed by atoms with E-state index >= 15 is 0 Å². The maximum atomic E-state index is 12.6. The summed E-state index contributed by atoms with van der Waals surface area (Å²) in [7, 11) is 0. The number of rotatable bonds is 2. The van der Waals surface area contributed by atoms with Crippen LogP contribution in [0.15, 0.2) is 12.3 Å². The van der Waals surface area contributed by atoms with Gasteiger partial charge in [-0.2, -0.15) is 4.98 Å². The molecule has 0 saturated heterocycles. The van der Waals surface area contributed by atoms with Crippen LogP contribution in [0.2, 0.25) is 5.02 Å². The molecule has 0 fully saturated rings. The van der Waals surface area contributed by atoms with E-state index in [1.165, 1.54) is 12.3 Å². The molecule has 152 valence electrons. The molecule has 10 nitrogen and oxygen atoms in total. The van der Waals surface area contributed by atoms with E-state index in [2.05, 4.69) is 10.1 Å². The number of hydrogen-bond donors (Lipinski definition) is 1. The van der Waals surface area contributed by atoms with Crippen molar-refractivity contribution in [3.63, 3.8) is 0 Å². The van der Waals surface area contributed by atoms with Crippen molar-refractivity contribution in [2.75, 3.05) is 4.90 Å². The molecule has 0 bridgehead atoms. The van der Waals surface area contributed by atoms with Crippen LogP contribution in [0.4, 0.5) is 15.5 Å². The first kappa shape index (κ1) is 21.4. The zero-order valence-corrected chi connectivity index (χ0v) is 17.1. The highest BCUT2D eigenvalue weighted by atomic mass is 35.5. The van der Waals surface area contributed by atoms with Gasteiger partial charge in [0, 0.05) is 6.20 Å². The number of imide groups is 1. The SMILES string of the molecule is CC(C)(C)OC(=O)N(C(=O)OC(C)(C)C)c1nc2c(C(=O)O)c(Cl)ccn2n1. The number of pyridine rings is 1. The maximum Gasteiger partial charge on any atom is 0.427 e. The van der Waals surface area contributed by atoms with Crippen LogP contribution < -0.4 is 4.90 Å². The zero-order valence-electron chi connectivity index (χ0n) is 16.3. The maximum absolute atomic E-state index is 12.6. The predicted octanol–water partition coefficient (Wildman–Crippen LogP) is 3.76. The third-order valence-corrected chi connectivity index (χ3v) is 3.33. The third kappa shape index (κ3) is 4.89. The van der Waals surface area contributed by atoms with Crippen molar-refractivity contribution in [2.45, 2.75) is 52.7 Å². The van der Waals surface area contributed by atoms with Gasteiger partial charge in [-0.15, -0.1) is 10.00 Å². The van der Waals surface area contributed by atoms with Crippen LogP contribution in [0.5, 0.6) is 0 Å². The van der Waals surface area contributed by atoms with Crippen LogP contribution in [-0.2, 0) is 9.47 Å². The molecule has 28 heavy (non-hydrogen) atoms. The number of halogens is 1. The lowest BCUT2D eigenvalue weighted by Crippen LogP contribution is -2.44. The Morgan fingerprint density at radius 1 is 1.07 bits per heavy atom. The molecule has 2 aromatic rings. The number of amides is 2. The number of fused-ring (bicyclic) bond motifs is 1. The Balaban J connectivity index is 2.59. The van der Waals surface area contributed by atoms with Gasteiger partial charge in [0.05, 0.1) is 5.02 Å². The van der Waals surface area contributed by atoms with E-state index in [0.29, 0.717) is 4.90 Å². The first-order valence-electron chi connectivity index (χ1n) is 8.24. The standard InChI is InChI=1S/C17H21ClN4O6/c1-16(2,3)27-14(25)22(15(26)28-17(4,5)6)13-19-11-10(12(23)24)9(18)7-8-21(11)20-13/h7-8H,1-6H3,(H,23,24). The van der Waals surface area contributed by atoms with Crippen molar-refractivity contribution in [2.24, 2.45) is 0 Å². The van der Waals surface area contributed by atoms with E-state index in [1.54, 1.807) is 41.5 Å². The number of carbonyl (C=O) groups excluding carboxylic acids is 2. The minimum absolute atomic E-state index is 0.0694. The highest BCUT2D eigenvalue weighted by Crippen LogP contribution is 2.24. The van der Waals surface area contributed by atoms with Crippen molar-refractivity contribution < 1.29 is 29.0 Å². The molecule has 2 heterocycles. The quantitative estimate of drug-likeness (QED) is 0.790. The number of aromatic nitrogens is 3. The minimum Gasteiger partial charge on any atom is -0.478 e. The largest absolute Gasteiger partial charge is 0.478 e. The predicted molar refractivity (Wildman–Crippen MR) is 99.9 cm³/mol. The lowest BCUT2D eigenvalue weighted by molar-refractivity contribution is 0.0426. The molecule has 0 aliphatic rings. The summed E-state index contributed by atoms with van der Waals surface area (Å²) < 4.78 is 11.6. The van der Waals surface area contributed by atoms with Gasteiger partial charge >= 0.3 is 18.2 Å². The Labute approximate surface area is 166 Å². The fourth-order valence-electron chi connectivity index (χ4n) is 2.06. The van der Waals surface area contributed by atoms with E-state index in [4.69, 9.17) is 21.1 Å². The molecule has 0 aromatic carbocycles. The van der Waals surface area contributed by atoms with Gasteiger partial charge in [0.25, 0.3) is 5.95 Å². The van der Waals surface area contributed by atoms with Crippen molar-refractivity contribution in [1.29, 1.82) is 0 Å². The fraction of sp³-hybridized carbons (Fsp3) is 0.471. The van der Waals surface area contributed by atoms with Crippen LogP contribution in [0.25, 0.3) is 5.65 Å². The van der Waals surface area contributed by atoms with Crippen molar-refractivity contribution in [3.05, 3.63) is 22.8 Å². The van der Waals surface area contributed by atoms with Gasteiger partial charge in [-0.05, 0) is 47.6 Å². The highest BCUT2D eigenvalue weighted by Gasteiger charge is 2.36. The Bertz CT molecular complexity index is 913. The molecule has 0 atom stereocenters. The summed E-state index contributed by atoms with van der Waals surface area (Å²) in [6.45, 7) is 9.74. The highest BCUT2D eigenvalue weighted by molar-refractivity contribution is 6.34. The van der Waals surface area contributed by atoms with Crippen LogP contribution in [0, 0.1) is 0 Å². The van der Waals surface area contributed by atoms with Crippen molar-refractivity contribution in [1.82, 2.24) is 14.6 Å². The summed E-state index contributed by atoms with van der Waals surface area (Å²) in [5.74, 6) is -1.75. The van der Waals surface area contributed by atoms with Gasteiger partial charge in [0.1, 0.15) is 16.8 Å². The molecule has 2 amide bonds. The fourth-order valence-corrected chi connectivity index (χ4v) is 2.28. The third-order valence-electron chi connectivity index (χ3n) is 3.01. The topological polar surface area (TPSA) is 123 Å². The Morgan fingerprint density at radius 3 is 2.00 bits per heavy atom. The molecule has 2 rings (SSSR count). The molecule has 0 aliphatic carbocycles. The smallest absolute Gasteiger partial charge is 0.427 e. The molecule has 0 aliphatic heterocycles. The van der Waals surface area contributed by atoms with Crippen molar-refractivity contribution >= 4 is 41.4 Å². The van der Waals surface area contributed by atoms with Crippen LogP contribution in [0.3, 0.4) is 0 Å². The van der Waals surface area contributed by atoms with Gasteiger partial charge in [-0.3, -0.25) is 0 Å². The lowest BCUT2D eigenvalue weighted by atomic mass is 10.2. The Morgan fingerprint density at radius 2 is 1.57 bits per heavy atom. The van der Waals surface area contributed by atoms with Crippen LogP contribution in [-0.4, -0.2) is 49.1 Å². The summed E-state index contributed by atoms with van der Waals surface area (Å²) in [4.78, 5) is 41.2. The number of nitrogens with zero attached hydrogens (tertiary/aromatic N) is 4.